The number of rotatable bonds is 7. The minimum atomic E-state index is -1.75. The summed E-state index contributed by atoms with van der Waals surface area (Å²) in [4.78, 5) is 2.98. The Kier molecular flexibility index (Phi) is 6.96. The highest BCUT2D eigenvalue weighted by Gasteiger charge is 2.37. The third kappa shape index (κ3) is 5.00. The summed E-state index contributed by atoms with van der Waals surface area (Å²) in [7, 11) is -1.75. The molecule has 0 aromatic carbocycles. The molecule has 0 radical (unpaired) electrons. The Balaban J connectivity index is 4.68. The van der Waals surface area contributed by atoms with E-state index in [1.807, 2.05) is 0 Å². The van der Waals surface area contributed by atoms with Gasteiger partial charge in [-0.05, 0) is 29.6 Å². The molecule has 0 aliphatic heterocycles. The summed E-state index contributed by atoms with van der Waals surface area (Å²) in [5.74, 6) is 0.422. The molecule has 0 amide bonds. The summed E-state index contributed by atoms with van der Waals surface area (Å²) in [5.41, 5.74) is 8.68. The summed E-state index contributed by atoms with van der Waals surface area (Å²) in [6, 6.07) is -0.0286. The summed E-state index contributed by atoms with van der Waals surface area (Å²) in [6.45, 7) is 16.0. The molecule has 0 aliphatic carbocycles. The zero-order valence-corrected chi connectivity index (χ0v) is 14.0. The molecule has 0 aromatic heterocycles. The minimum Gasteiger partial charge on any atom is -0.416 e. The van der Waals surface area contributed by atoms with E-state index in [-0.39, 0.29) is 11.1 Å². The fourth-order valence-corrected chi connectivity index (χ4v) is 2.69. The van der Waals surface area contributed by atoms with E-state index in [1.165, 1.54) is 0 Å². The van der Waals surface area contributed by atoms with Crippen molar-refractivity contribution < 1.29 is 4.43 Å². The van der Waals surface area contributed by atoms with Crippen molar-refractivity contribution in [3.8, 4) is 0 Å². The second-order valence-electron chi connectivity index (χ2n) is 6.42. The molecule has 1 atom stereocenters. The molecule has 5 heteroatoms. The number of hydrogen-bond donors (Lipinski definition) is 0. The first-order valence-corrected chi connectivity index (χ1v) is 9.78. The first-order valence-electron chi connectivity index (χ1n) is 6.87. The molecular weight excluding hydrogens is 242 g/mol. The molecule has 0 heterocycles. The van der Waals surface area contributed by atoms with Crippen LogP contribution in [0.2, 0.25) is 18.1 Å². The quantitative estimate of drug-likeness (QED) is 0.274. The van der Waals surface area contributed by atoms with Crippen LogP contribution in [0.5, 0.6) is 0 Å². The molecular formula is C13H29N3OSi. The normalized spacial score (nSPS) is 14.4. The molecule has 0 saturated carbocycles. The van der Waals surface area contributed by atoms with Crippen LogP contribution in [-0.4, -0.2) is 21.0 Å². The Morgan fingerprint density at radius 3 is 2.06 bits per heavy atom. The molecule has 0 bridgehead atoms. The van der Waals surface area contributed by atoms with Gasteiger partial charge < -0.3 is 4.43 Å². The van der Waals surface area contributed by atoms with E-state index >= 15 is 0 Å². The highest BCUT2D eigenvalue weighted by Crippen LogP contribution is 2.37. The lowest BCUT2D eigenvalue weighted by Crippen LogP contribution is -2.43. The lowest BCUT2D eigenvalue weighted by molar-refractivity contribution is 0.221. The Morgan fingerprint density at radius 1 is 1.22 bits per heavy atom. The predicted molar refractivity (Wildman–Crippen MR) is 80.2 cm³/mol. The van der Waals surface area contributed by atoms with Crippen molar-refractivity contribution in [1.29, 1.82) is 0 Å². The second-order valence-corrected chi connectivity index (χ2v) is 11.2. The van der Waals surface area contributed by atoms with Gasteiger partial charge in [0.1, 0.15) is 0 Å². The molecule has 106 valence electrons. The summed E-state index contributed by atoms with van der Waals surface area (Å²) in [5, 5.41) is 4.13. The minimum absolute atomic E-state index is 0.0286. The second kappa shape index (κ2) is 7.17. The SMILES string of the molecule is CCC(CC)C(CO[Si](C)(C)C(C)(C)C)N=[N+]=[N-]. The van der Waals surface area contributed by atoms with Crippen LogP contribution in [0.15, 0.2) is 5.11 Å². The summed E-state index contributed by atoms with van der Waals surface area (Å²) in [6.07, 6.45) is 2.06. The van der Waals surface area contributed by atoms with E-state index in [2.05, 4.69) is 57.7 Å². The van der Waals surface area contributed by atoms with E-state index in [1.54, 1.807) is 0 Å². The van der Waals surface area contributed by atoms with Crippen LogP contribution in [-0.2, 0) is 4.43 Å². The van der Waals surface area contributed by atoms with Gasteiger partial charge in [0, 0.05) is 11.5 Å². The molecule has 1 unspecified atom stereocenters. The summed E-state index contributed by atoms with van der Waals surface area (Å²) < 4.78 is 6.17. The topological polar surface area (TPSA) is 58.0 Å². The average molecular weight is 271 g/mol. The van der Waals surface area contributed by atoms with Gasteiger partial charge in [-0.2, -0.15) is 0 Å². The Bertz CT molecular complexity index is 289. The van der Waals surface area contributed by atoms with Gasteiger partial charge in [0.05, 0.1) is 6.04 Å². The first-order chi connectivity index (χ1) is 8.19. The van der Waals surface area contributed by atoms with Gasteiger partial charge in [0.15, 0.2) is 8.32 Å². The number of hydrogen-bond acceptors (Lipinski definition) is 2. The van der Waals surface area contributed by atoms with E-state index < -0.39 is 8.32 Å². The maximum absolute atomic E-state index is 8.68. The van der Waals surface area contributed by atoms with Gasteiger partial charge in [-0.1, -0.05) is 52.6 Å². The molecule has 18 heavy (non-hydrogen) atoms. The largest absolute Gasteiger partial charge is 0.416 e. The average Bonchev–Trinajstić information content (AvgIpc) is 2.26. The molecule has 0 rings (SSSR count). The lowest BCUT2D eigenvalue weighted by Gasteiger charge is -2.37. The maximum Gasteiger partial charge on any atom is 0.191 e. The summed E-state index contributed by atoms with van der Waals surface area (Å²) >= 11 is 0. The fraction of sp³-hybridized carbons (Fsp3) is 1.00. The lowest BCUT2D eigenvalue weighted by atomic mass is 9.95. The van der Waals surface area contributed by atoms with Crippen LogP contribution < -0.4 is 0 Å². The van der Waals surface area contributed by atoms with Crippen molar-refractivity contribution in [1.82, 2.24) is 0 Å². The van der Waals surface area contributed by atoms with Crippen LogP contribution in [0.1, 0.15) is 47.5 Å². The van der Waals surface area contributed by atoms with Crippen molar-refractivity contribution >= 4 is 8.32 Å². The molecule has 0 N–H and O–H groups in total. The van der Waals surface area contributed by atoms with Crippen LogP contribution in [0.3, 0.4) is 0 Å². The molecule has 4 nitrogen and oxygen atoms in total. The fourth-order valence-electron chi connectivity index (χ4n) is 1.67. The van der Waals surface area contributed by atoms with Gasteiger partial charge in [-0.3, -0.25) is 0 Å². The van der Waals surface area contributed by atoms with Crippen LogP contribution in [0.4, 0.5) is 0 Å². The highest BCUT2D eigenvalue weighted by atomic mass is 28.4. The Labute approximate surface area is 113 Å². The van der Waals surface area contributed by atoms with Gasteiger partial charge >= 0.3 is 0 Å². The van der Waals surface area contributed by atoms with E-state index in [0.29, 0.717) is 12.5 Å². The highest BCUT2D eigenvalue weighted by molar-refractivity contribution is 6.74. The monoisotopic (exact) mass is 271 g/mol. The third-order valence-electron chi connectivity index (χ3n) is 4.21. The molecule has 0 aromatic rings. The maximum atomic E-state index is 8.68. The van der Waals surface area contributed by atoms with Crippen molar-refractivity contribution in [2.75, 3.05) is 6.61 Å². The molecule has 0 fully saturated rings. The molecule has 0 saturated heterocycles. The van der Waals surface area contributed by atoms with Crippen molar-refractivity contribution in [2.24, 2.45) is 11.0 Å². The van der Waals surface area contributed by atoms with Gasteiger partial charge in [-0.25, -0.2) is 0 Å². The van der Waals surface area contributed by atoms with Crippen molar-refractivity contribution in [3.63, 3.8) is 0 Å². The third-order valence-corrected chi connectivity index (χ3v) is 8.71. The standard InChI is InChI=1S/C13H29N3OSi/c1-8-11(9-2)12(15-16-14)10-17-18(6,7)13(3,4)5/h11-12H,8-10H2,1-7H3. The van der Waals surface area contributed by atoms with Crippen molar-refractivity contribution in [3.05, 3.63) is 10.4 Å². The van der Waals surface area contributed by atoms with Crippen LogP contribution >= 0.6 is 0 Å². The zero-order chi connectivity index (χ0) is 14.4. The van der Waals surface area contributed by atoms with E-state index in [4.69, 9.17) is 9.96 Å². The number of nitrogens with zero attached hydrogens (tertiary/aromatic N) is 3. The smallest absolute Gasteiger partial charge is 0.191 e. The van der Waals surface area contributed by atoms with E-state index in [9.17, 15) is 0 Å². The van der Waals surface area contributed by atoms with Gasteiger partial charge in [0.2, 0.25) is 0 Å². The van der Waals surface area contributed by atoms with Crippen molar-refractivity contribution in [2.45, 2.75) is 71.6 Å². The van der Waals surface area contributed by atoms with Gasteiger partial charge in [0.25, 0.3) is 0 Å². The predicted octanol–water partition coefficient (Wildman–Crippen LogP) is 5.12. The number of azide groups is 1. The molecule has 0 spiro atoms. The molecule has 0 aliphatic rings. The van der Waals surface area contributed by atoms with Crippen LogP contribution in [0.25, 0.3) is 10.4 Å². The Morgan fingerprint density at radius 2 is 1.72 bits per heavy atom. The van der Waals surface area contributed by atoms with E-state index in [0.717, 1.165) is 12.8 Å². The Hall–Kier alpha value is -0.513. The van der Waals surface area contributed by atoms with Crippen LogP contribution in [0, 0.1) is 5.92 Å². The zero-order valence-electron chi connectivity index (χ0n) is 13.0. The van der Waals surface area contributed by atoms with Gasteiger partial charge in [-0.15, -0.1) is 0 Å². The first kappa shape index (κ1) is 17.5.